The van der Waals surface area contributed by atoms with Gasteiger partial charge >= 0.3 is 0 Å². The maximum atomic E-state index is 9.84. The van der Waals surface area contributed by atoms with Crippen molar-refractivity contribution in [3.63, 3.8) is 0 Å². The Bertz CT molecular complexity index is 461. The highest BCUT2D eigenvalue weighted by atomic mass is 16.5. The lowest BCUT2D eigenvalue weighted by atomic mass is 9.93. The Morgan fingerprint density at radius 3 is 2.53 bits per heavy atom. The van der Waals surface area contributed by atoms with Crippen LogP contribution in [0.1, 0.15) is 5.56 Å². The molecule has 0 aliphatic heterocycles. The Labute approximate surface area is 100 Å². The number of hydrogen-bond donors (Lipinski definition) is 3. The number of rotatable bonds is 2. The number of allylic oxidation sites excluding steroid dienone is 2. The van der Waals surface area contributed by atoms with E-state index in [1.54, 1.807) is 12.2 Å². The van der Waals surface area contributed by atoms with Gasteiger partial charge in [-0.05, 0) is 35.4 Å². The lowest BCUT2D eigenvalue weighted by Gasteiger charge is -2.30. The standard InChI is InChI=1S/C13H16N2O2/c1-17-12-8-10(6-7-13(12,15)16)9-2-4-11(14)5-3-9/h2-8,12,16H,14-15H2,1H3. The van der Waals surface area contributed by atoms with Crippen LogP contribution in [0.2, 0.25) is 0 Å². The Hall–Kier alpha value is -1.62. The molecule has 2 atom stereocenters. The number of nitrogens with two attached hydrogens (primary N) is 2. The van der Waals surface area contributed by atoms with E-state index >= 15 is 0 Å². The quantitative estimate of drug-likeness (QED) is 0.522. The first-order valence-electron chi connectivity index (χ1n) is 5.34. The van der Waals surface area contributed by atoms with Gasteiger partial charge in [-0.25, -0.2) is 0 Å². The third-order valence-electron chi connectivity index (χ3n) is 2.81. The summed E-state index contributed by atoms with van der Waals surface area (Å²) in [4.78, 5) is 0. The fourth-order valence-electron chi connectivity index (χ4n) is 1.80. The molecular weight excluding hydrogens is 216 g/mol. The van der Waals surface area contributed by atoms with E-state index in [9.17, 15) is 5.11 Å². The van der Waals surface area contributed by atoms with Gasteiger partial charge in [-0.3, -0.25) is 5.73 Å². The van der Waals surface area contributed by atoms with Crippen LogP contribution in [0.4, 0.5) is 5.69 Å². The van der Waals surface area contributed by atoms with Gasteiger partial charge in [0.05, 0.1) is 0 Å². The average Bonchev–Trinajstić information content (AvgIpc) is 2.30. The summed E-state index contributed by atoms with van der Waals surface area (Å²) in [6.07, 6.45) is 4.56. The Morgan fingerprint density at radius 1 is 1.29 bits per heavy atom. The molecule has 4 nitrogen and oxygen atoms in total. The van der Waals surface area contributed by atoms with E-state index in [0.717, 1.165) is 11.1 Å². The molecule has 0 radical (unpaired) electrons. The first kappa shape index (κ1) is 11.9. The van der Waals surface area contributed by atoms with Crippen LogP contribution in [0.25, 0.3) is 5.57 Å². The monoisotopic (exact) mass is 232 g/mol. The van der Waals surface area contributed by atoms with Gasteiger partial charge in [0, 0.05) is 12.8 Å². The van der Waals surface area contributed by atoms with Gasteiger partial charge in [-0.2, -0.15) is 0 Å². The average molecular weight is 232 g/mol. The van der Waals surface area contributed by atoms with Gasteiger partial charge in [0.15, 0.2) is 5.72 Å². The van der Waals surface area contributed by atoms with Crippen LogP contribution in [0.5, 0.6) is 0 Å². The second-order valence-electron chi connectivity index (χ2n) is 4.12. The molecule has 0 saturated carbocycles. The zero-order chi connectivity index (χ0) is 12.5. The number of benzene rings is 1. The van der Waals surface area contributed by atoms with E-state index in [-0.39, 0.29) is 0 Å². The third kappa shape index (κ3) is 2.39. The molecule has 1 aromatic carbocycles. The minimum Gasteiger partial charge on any atom is -0.399 e. The van der Waals surface area contributed by atoms with E-state index in [2.05, 4.69) is 0 Å². The molecular formula is C13H16N2O2. The topological polar surface area (TPSA) is 81.5 Å². The van der Waals surface area contributed by atoms with Crippen LogP contribution >= 0.6 is 0 Å². The predicted octanol–water partition coefficient (Wildman–Crippen LogP) is 0.884. The number of ether oxygens (including phenoxy) is 1. The van der Waals surface area contributed by atoms with E-state index in [0.29, 0.717) is 5.69 Å². The van der Waals surface area contributed by atoms with Crippen molar-refractivity contribution in [2.24, 2.45) is 5.73 Å². The van der Waals surface area contributed by atoms with Crippen LogP contribution in [0.3, 0.4) is 0 Å². The van der Waals surface area contributed by atoms with Crippen LogP contribution in [-0.2, 0) is 4.74 Å². The fraction of sp³-hybridized carbons (Fsp3) is 0.231. The third-order valence-corrected chi connectivity index (χ3v) is 2.81. The van der Waals surface area contributed by atoms with E-state index in [1.165, 1.54) is 13.2 Å². The van der Waals surface area contributed by atoms with Crippen molar-refractivity contribution in [1.29, 1.82) is 0 Å². The molecule has 1 aliphatic carbocycles. The number of nitrogen functional groups attached to an aromatic ring is 1. The van der Waals surface area contributed by atoms with E-state index < -0.39 is 11.8 Å². The Kier molecular flexibility index (Phi) is 3.02. The molecule has 4 heteroatoms. The summed E-state index contributed by atoms with van der Waals surface area (Å²) >= 11 is 0. The summed E-state index contributed by atoms with van der Waals surface area (Å²) < 4.78 is 5.15. The Balaban J connectivity index is 2.32. The van der Waals surface area contributed by atoms with Crippen molar-refractivity contribution in [2.75, 3.05) is 12.8 Å². The zero-order valence-electron chi connectivity index (χ0n) is 9.63. The molecule has 5 N–H and O–H groups in total. The second-order valence-corrected chi connectivity index (χ2v) is 4.12. The van der Waals surface area contributed by atoms with Gasteiger partial charge in [0.25, 0.3) is 0 Å². The van der Waals surface area contributed by atoms with E-state index in [1.807, 2.05) is 24.3 Å². The maximum absolute atomic E-state index is 9.84. The molecule has 1 aliphatic rings. The maximum Gasteiger partial charge on any atom is 0.163 e. The van der Waals surface area contributed by atoms with Gasteiger partial charge in [0.1, 0.15) is 6.10 Å². The molecule has 2 unspecified atom stereocenters. The minimum atomic E-state index is -1.45. The van der Waals surface area contributed by atoms with Crippen molar-refractivity contribution >= 4 is 11.3 Å². The summed E-state index contributed by atoms with van der Waals surface area (Å²) in [7, 11) is 1.51. The van der Waals surface area contributed by atoms with Crippen LogP contribution in [0.15, 0.2) is 42.5 Å². The zero-order valence-corrected chi connectivity index (χ0v) is 9.63. The molecule has 0 bridgehead atoms. The highest BCUT2D eigenvalue weighted by Crippen LogP contribution is 2.26. The Morgan fingerprint density at radius 2 is 1.94 bits per heavy atom. The van der Waals surface area contributed by atoms with E-state index in [4.69, 9.17) is 16.2 Å². The SMILES string of the molecule is COC1C=C(c2ccc(N)cc2)C=CC1(N)O. The van der Waals surface area contributed by atoms with Crippen LogP contribution in [0, 0.1) is 0 Å². The van der Waals surface area contributed by atoms with Gasteiger partial charge in [0.2, 0.25) is 0 Å². The number of hydrogen-bond acceptors (Lipinski definition) is 4. The summed E-state index contributed by atoms with van der Waals surface area (Å²) in [5, 5.41) is 9.84. The normalized spacial score (nSPS) is 27.9. The number of anilines is 1. The second kappa shape index (κ2) is 4.33. The molecule has 2 rings (SSSR count). The lowest BCUT2D eigenvalue weighted by Crippen LogP contribution is -2.50. The number of aliphatic hydroxyl groups is 1. The highest BCUT2D eigenvalue weighted by molar-refractivity contribution is 5.76. The largest absolute Gasteiger partial charge is 0.399 e. The summed E-state index contributed by atoms with van der Waals surface area (Å²) in [5.41, 5.74) is 12.5. The number of methoxy groups -OCH3 is 1. The highest BCUT2D eigenvalue weighted by Gasteiger charge is 2.31. The van der Waals surface area contributed by atoms with Crippen LogP contribution < -0.4 is 11.5 Å². The smallest absolute Gasteiger partial charge is 0.163 e. The van der Waals surface area contributed by atoms with Crippen molar-refractivity contribution in [2.45, 2.75) is 11.8 Å². The minimum absolute atomic E-state index is 0.556. The molecule has 90 valence electrons. The predicted molar refractivity (Wildman–Crippen MR) is 67.9 cm³/mol. The van der Waals surface area contributed by atoms with Gasteiger partial charge in [-0.1, -0.05) is 18.2 Å². The van der Waals surface area contributed by atoms with Crippen molar-refractivity contribution < 1.29 is 9.84 Å². The summed E-state index contributed by atoms with van der Waals surface area (Å²) in [5.74, 6) is 0. The molecule has 0 amide bonds. The molecule has 0 saturated heterocycles. The summed E-state index contributed by atoms with van der Waals surface area (Å²) in [6.45, 7) is 0. The van der Waals surface area contributed by atoms with Crippen molar-refractivity contribution in [3.05, 3.63) is 48.1 Å². The first-order chi connectivity index (χ1) is 8.03. The van der Waals surface area contributed by atoms with Crippen molar-refractivity contribution in [3.8, 4) is 0 Å². The molecule has 17 heavy (non-hydrogen) atoms. The van der Waals surface area contributed by atoms with Crippen LogP contribution in [-0.4, -0.2) is 24.0 Å². The fourth-order valence-corrected chi connectivity index (χ4v) is 1.80. The molecule has 0 spiro atoms. The molecule has 0 aromatic heterocycles. The summed E-state index contributed by atoms with van der Waals surface area (Å²) in [6, 6.07) is 7.49. The first-order valence-corrected chi connectivity index (χ1v) is 5.34. The molecule has 0 fully saturated rings. The lowest BCUT2D eigenvalue weighted by molar-refractivity contribution is -0.0333. The molecule has 0 heterocycles. The van der Waals surface area contributed by atoms with Gasteiger partial charge in [-0.15, -0.1) is 0 Å². The van der Waals surface area contributed by atoms with Crippen molar-refractivity contribution in [1.82, 2.24) is 0 Å². The molecule has 1 aromatic rings. The van der Waals surface area contributed by atoms with Gasteiger partial charge < -0.3 is 15.6 Å².